The fraction of sp³-hybridized carbons (Fsp3) is 0.500. The van der Waals surface area contributed by atoms with Gasteiger partial charge in [-0.2, -0.15) is 0 Å². The summed E-state index contributed by atoms with van der Waals surface area (Å²) in [6.45, 7) is 2.06. The Morgan fingerprint density at radius 3 is 2.60 bits per heavy atom. The van der Waals surface area contributed by atoms with Crippen LogP contribution < -0.4 is 9.64 Å². The van der Waals surface area contributed by atoms with Crippen molar-refractivity contribution in [2.24, 2.45) is 0 Å². The van der Waals surface area contributed by atoms with Gasteiger partial charge in [0.05, 0.1) is 12.8 Å². The molecule has 2 rings (SSSR count). The van der Waals surface area contributed by atoms with Crippen molar-refractivity contribution in [2.45, 2.75) is 19.3 Å². The lowest BCUT2D eigenvalue weighted by atomic mass is 10.1. The van der Waals surface area contributed by atoms with Crippen molar-refractivity contribution >= 4 is 5.69 Å². The van der Waals surface area contributed by atoms with Gasteiger partial charge in [0.2, 0.25) is 0 Å². The van der Waals surface area contributed by atoms with Gasteiger partial charge in [0, 0.05) is 19.2 Å². The third-order valence-corrected chi connectivity index (χ3v) is 2.88. The molecule has 1 aliphatic rings. The summed E-state index contributed by atoms with van der Waals surface area (Å²) < 4.78 is 5.16. The molecule has 0 saturated carbocycles. The molecular formula is C12H17NO2. The highest BCUT2D eigenvalue weighted by Crippen LogP contribution is 2.32. The third-order valence-electron chi connectivity index (χ3n) is 2.88. The monoisotopic (exact) mass is 207 g/mol. The zero-order valence-electron chi connectivity index (χ0n) is 9.07. The minimum absolute atomic E-state index is 0.345. The van der Waals surface area contributed by atoms with Crippen LogP contribution in [0.1, 0.15) is 19.3 Å². The van der Waals surface area contributed by atoms with Crippen LogP contribution in [0.25, 0.3) is 0 Å². The fourth-order valence-electron chi connectivity index (χ4n) is 2.02. The van der Waals surface area contributed by atoms with Crippen LogP contribution in [0.15, 0.2) is 18.2 Å². The van der Waals surface area contributed by atoms with Crippen molar-refractivity contribution < 1.29 is 9.84 Å². The van der Waals surface area contributed by atoms with Crippen LogP contribution in [0, 0.1) is 0 Å². The van der Waals surface area contributed by atoms with E-state index >= 15 is 0 Å². The van der Waals surface area contributed by atoms with Gasteiger partial charge < -0.3 is 14.7 Å². The number of benzene rings is 1. The normalized spacial score (nSPS) is 16.5. The highest BCUT2D eigenvalue weighted by molar-refractivity contribution is 5.61. The molecule has 0 atom stereocenters. The average Bonchev–Trinajstić information content (AvgIpc) is 2.31. The molecule has 0 spiro atoms. The summed E-state index contributed by atoms with van der Waals surface area (Å²) in [5.41, 5.74) is 0.897. The van der Waals surface area contributed by atoms with E-state index in [1.165, 1.54) is 19.3 Å². The molecule has 1 aromatic rings. The summed E-state index contributed by atoms with van der Waals surface area (Å²) in [5.74, 6) is 1.14. The first-order valence-electron chi connectivity index (χ1n) is 5.43. The lowest BCUT2D eigenvalue weighted by Gasteiger charge is -2.29. The van der Waals surface area contributed by atoms with E-state index in [1.807, 2.05) is 6.07 Å². The number of piperidine rings is 1. The van der Waals surface area contributed by atoms with Crippen molar-refractivity contribution in [3.05, 3.63) is 18.2 Å². The van der Waals surface area contributed by atoms with Gasteiger partial charge in [-0.25, -0.2) is 0 Å². The standard InChI is InChI=1S/C12H17NO2/c1-15-10-5-6-12(14)11(9-10)13-7-3-2-4-8-13/h5-6,9,14H,2-4,7-8H2,1H3. The Kier molecular flexibility index (Phi) is 2.99. The molecule has 0 unspecified atom stereocenters. The zero-order valence-corrected chi connectivity index (χ0v) is 9.07. The number of phenols is 1. The van der Waals surface area contributed by atoms with Gasteiger partial charge >= 0.3 is 0 Å². The van der Waals surface area contributed by atoms with E-state index in [0.717, 1.165) is 24.5 Å². The molecule has 3 heteroatoms. The molecule has 15 heavy (non-hydrogen) atoms. The predicted molar refractivity (Wildman–Crippen MR) is 60.7 cm³/mol. The lowest BCUT2D eigenvalue weighted by molar-refractivity contribution is 0.411. The third kappa shape index (κ3) is 2.17. The molecule has 0 aliphatic carbocycles. The first-order chi connectivity index (χ1) is 7.31. The Morgan fingerprint density at radius 2 is 1.93 bits per heavy atom. The maximum Gasteiger partial charge on any atom is 0.139 e. The molecule has 1 saturated heterocycles. The van der Waals surface area contributed by atoms with E-state index in [-0.39, 0.29) is 0 Å². The number of anilines is 1. The number of methoxy groups -OCH3 is 1. The molecule has 0 amide bonds. The number of hydrogen-bond acceptors (Lipinski definition) is 3. The number of aromatic hydroxyl groups is 1. The van der Waals surface area contributed by atoms with Gasteiger partial charge in [-0.3, -0.25) is 0 Å². The number of hydrogen-bond donors (Lipinski definition) is 1. The molecule has 0 bridgehead atoms. The van der Waals surface area contributed by atoms with Gasteiger partial charge in [0.25, 0.3) is 0 Å². The van der Waals surface area contributed by atoms with Gasteiger partial charge in [0.15, 0.2) is 0 Å². The van der Waals surface area contributed by atoms with Crippen molar-refractivity contribution in [3.63, 3.8) is 0 Å². The Hall–Kier alpha value is -1.38. The minimum atomic E-state index is 0.345. The zero-order chi connectivity index (χ0) is 10.7. The maximum absolute atomic E-state index is 9.79. The number of nitrogens with zero attached hydrogens (tertiary/aromatic N) is 1. The maximum atomic E-state index is 9.79. The van der Waals surface area contributed by atoms with Crippen LogP contribution in [-0.4, -0.2) is 25.3 Å². The Balaban J connectivity index is 2.24. The molecule has 0 radical (unpaired) electrons. The first kappa shape index (κ1) is 10.1. The summed E-state index contributed by atoms with van der Waals surface area (Å²) in [6, 6.07) is 5.38. The van der Waals surface area contributed by atoms with Crippen LogP contribution in [0.5, 0.6) is 11.5 Å². The first-order valence-corrected chi connectivity index (χ1v) is 5.43. The van der Waals surface area contributed by atoms with Crippen LogP contribution in [-0.2, 0) is 0 Å². The van der Waals surface area contributed by atoms with Gasteiger partial charge in [-0.1, -0.05) is 0 Å². The molecule has 1 N–H and O–H groups in total. The second-order valence-electron chi connectivity index (χ2n) is 3.90. The van der Waals surface area contributed by atoms with E-state index in [1.54, 1.807) is 19.2 Å². The molecule has 3 nitrogen and oxygen atoms in total. The predicted octanol–water partition coefficient (Wildman–Crippen LogP) is 2.39. The Bertz CT molecular complexity index is 332. The summed E-state index contributed by atoms with van der Waals surface area (Å²) in [4.78, 5) is 2.22. The van der Waals surface area contributed by atoms with Crippen molar-refractivity contribution in [1.29, 1.82) is 0 Å². The SMILES string of the molecule is COc1ccc(O)c(N2CCCCC2)c1. The van der Waals surface area contributed by atoms with Crippen LogP contribution in [0.3, 0.4) is 0 Å². The van der Waals surface area contributed by atoms with Gasteiger partial charge in [-0.15, -0.1) is 0 Å². The second kappa shape index (κ2) is 4.43. The molecular weight excluding hydrogens is 190 g/mol. The highest BCUT2D eigenvalue weighted by atomic mass is 16.5. The minimum Gasteiger partial charge on any atom is -0.506 e. The van der Waals surface area contributed by atoms with Gasteiger partial charge in [0.1, 0.15) is 11.5 Å². The Morgan fingerprint density at radius 1 is 1.20 bits per heavy atom. The molecule has 82 valence electrons. The van der Waals surface area contributed by atoms with Crippen molar-refractivity contribution in [1.82, 2.24) is 0 Å². The lowest BCUT2D eigenvalue weighted by Crippen LogP contribution is -2.29. The topological polar surface area (TPSA) is 32.7 Å². The van der Waals surface area contributed by atoms with Crippen molar-refractivity contribution in [3.8, 4) is 11.5 Å². The average molecular weight is 207 g/mol. The van der Waals surface area contributed by atoms with Crippen molar-refractivity contribution in [2.75, 3.05) is 25.1 Å². The number of rotatable bonds is 2. The summed E-state index contributed by atoms with van der Waals surface area (Å²) in [7, 11) is 1.65. The van der Waals surface area contributed by atoms with Crippen LogP contribution in [0.2, 0.25) is 0 Å². The largest absolute Gasteiger partial charge is 0.506 e. The molecule has 1 heterocycles. The van der Waals surface area contributed by atoms with E-state index in [0.29, 0.717) is 5.75 Å². The smallest absolute Gasteiger partial charge is 0.139 e. The van der Waals surface area contributed by atoms with E-state index in [9.17, 15) is 5.11 Å². The van der Waals surface area contributed by atoms with E-state index in [4.69, 9.17) is 4.74 Å². The van der Waals surface area contributed by atoms with E-state index in [2.05, 4.69) is 4.90 Å². The highest BCUT2D eigenvalue weighted by Gasteiger charge is 2.14. The fourth-order valence-corrected chi connectivity index (χ4v) is 2.02. The molecule has 0 aromatic heterocycles. The van der Waals surface area contributed by atoms with Crippen LogP contribution >= 0.6 is 0 Å². The summed E-state index contributed by atoms with van der Waals surface area (Å²) in [6.07, 6.45) is 3.70. The van der Waals surface area contributed by atoms with Gasteiger partial charge in [-0.05, 0) is 31.4 Å². The molecule has 1 aliphatic heterocycles. The summed E-state index contributed by atoms with van der Waals surface area (Å²) >= 11 is 0. The molecule has 1 aromatic carbocycles. The second-order valence-corrected chi connectivity index (χ2v) is 3.90. The number of ether oxygens (including phenoxy) is 1. The van der Waals surface area contributed by atoms with E-state index < -0.39 is 0 Å². The number of phenolic OH excluding ortho intramolecular Hbond substituents is 1. The summed E-state index contributed by atoms with van der Waals surface area (Å²) in [5, 5.41) is 9.79. The Labute approximate surface area is 90.3 Å². The quantitative estimate of drug-likeness (QED) is 0.808. The van der Waals surface area contributed by atoms with Crippen LogP contribution in [0.4, 0.5) is 5.69 Å². The molecule has 1 fully saturated rings.